The number of carbonyl (C=O) groups excluding carboxylic acids is 1. The van der Waals surface area contributed by atoms with Crippen LogP contribution in [0.4, 0.5) is 17.6 Å². The Morgan fingerprint density at radius 3 is 2.67 bits per heavy atom. The third-order valence-corrected chi connectivity index (χ3v) is 4.40. The molecule has 168 valence electrons. The number of ether oxygens (including phenoxy) is 2. The molecule has 4 rings (SSSR count). The zero-order chi connectivity index (χ0) is 23.2. The van der Waals surface area contributed by atoms with Gasteiger partial charge >= 0.3 is 17.6 Å². The van der Waals surface area contributed by atoms with Crippen LogP contribution in [0.2, 0.25) is 0 Å². The van der Waals surface area contributed by atoms with Crippen molar-refractivity contribution in [2.45, 2.75) is 13.8 Å². The first-order valence-corrected chi connectivity index (χ1v) is 10.2. The van der Waals surface area contributed by atoms with Gasteiger partial charge in [-0.15, -0.1) is 0 Å². The number of para-hydroxylation sites is 1. The molecule has 4 aromatic rings. The van der Waals surface area contributed by atoms with Gasteiger partial charge in [0.15, 0.2) is 0 Å². The Labute approximate surface area is 188 Å². The Morgan fingerprint density at radius 2 is 1.85 bits per heavy atom. The molecule has 33 heavy (non-hydrogen) atoms. The van der Waals surface area contributed by atoms with Gasteiger partial charge in [0, 0.05) is 5.69 Å². The standard InChI is InChI=1S/C23H21N5O5/c1-3-31-20(30)13-24-21-26-22(25-15-8-6-7-14(2)11-15)28-23(27-21)33-18-12-19(29)32-17-10-5-4-9-16(17)18/h4-12H,3,13H2,1-2H3,(H2,24,25,26,27,28). The number of fused-ring (bicyclic) bond motifs is 1. The minimum absolute atomic E-state index is 0.0812. The minimum atomic E-state index is -0.573. The number of nitrogens with zero attached hydrogens (tertiary/aromatic N) is 3. The molecule has 10 heteroatoms. The smallest absolute Gasteiger partial charge is 0.339 e. The van der Waals surface area contributed by atoms with Gasteiger partial charge in [0.25, 0.3) is 0 Å². The second kappa shape index (κ2) is 9.77. The first-order chi connectivity index (χ1) is 16.0. The number of rotatable bonds is 8. The van der Waals surface area contributed by atoms with Crippen LogP contribution in [-0.4, -0.2) is 34.1 Å². The highest BCUT2D eigenvalue weighted by atomic mass is 16.5. The van der Waals surface area contributed by atoms with E-state index in [9.17, 15) is 9.59 Å². The lowest BCUT2D eigenvalue weighted by molar-refractivity contribution is -0.140. The molecule has 0 saturated carbocycles. The maximum absolute atomic E-state index is 12.0. The van der Waals surface area contributed by atoms with Crippen molar-refractivity contribution in [3.63, 3.8) is 0 Å². The lowest BCUT2D eigenvalue weighted by atomic mass is 10.2. The number of anilines is 3. The fourth-order valence-electron chi connectivity index (χ4n) is 3.02. The van der Waals surface area contributed by atoms with Crippen molar-refractivity contribution in [1.82, 2.24) is 15.0 Å². The van der Waals surface area contributed by atoms with Crippen LogP contribution >= 0.6 is 0 Å². The van der Waals surface area contributed by atoms with Crippen molar-refractivity contribution in [1.29, 1.82) is 0 Å². The molecule has 0 unspecified atom stereocenters. The van der Waals surface area contributed by atoms with Crippen LogP contribution in [0.5, 0.6) is 11.8 Å². The molecule has 10 nitrogen and oxygen atoms in total. The summed E-state index contributed by atoms with van der Waals surface area (Å²) in [6, 6.07) is 15.7. The third-order valence-electron chi connectivity index (χ3n) is 4.40. The molecule has 0 saturated heterocycles. The molecule has 0 aliphatic carbocycles. The average molecular weight is 447 g/mol. The Hall–Kier alpha value is -4.47. The average Bonchev–Trinajstić information content (AvgIpc) is 2.78. The van der Waals surface area contributed by atoms with Crippen molar-refractivity contribution in [2.75, 3.05) is 23.8 Å². The van der Waals surface area contributed by atoms with Gasteiger partial charge in [0.2, 0.25) is 11.9 Å². The third kappa shape index (κ3) is 5.62. The van der Waals surface area contributed by atoms with Gasteiger partial charge in [0.05, 0.1) is 18.1 Å². The molecule has 0 bridgehead atoms. The fourth-order valence-corrected chi connectivity index (χ4v) is 3.02. The highest BCUT2D eigenvalue weighted by molar-refractivity contribution is 5.83. The van der Waals surface area contributed by atoms with Crippen LogP contribution in [0.25, 0.3) is 11.0 Å². The summed E-state index contributed by atoms with van der Waals surface area (Å²) in [5.41, 5.74) is 1.60. The topological polar surface area (TPSA) is 128 Å². The number of hydrogen-bond donors (Lipinski definition) is 2. The molecule has 0 fully saturated rings. The predicted molar refractivity (Wildman–Crippen MR) is 122 cm³/mol. The van der Waals surface area contributed by atoms with Crippen molar-refractivity contribution in [3.05, 3.63) is 70.6 Å². The molecule has 2 aromatic carbocycles. The van der Waals surface area contributed by atoms with Crippen LogP contribution in [0.1, 0.15) is 12.5 Å². The SMILES string of the molecule is CCOC(=O)CNc1nc(Nc2cccc(C)c2)nc(Oc2cc(=O)oc3ccccc23)n1. The number of hydrogen-bond acceptors (Lipinski definition) is 10. The first-order valence-electron chi connectivity index (χ1n) is 10.2. The molecular weight excluding hydrogens is 426 g/mol. The van der Waals surface area contributed by atoms with Crippen LogP contribution < -0.4 is 21.0 Å². The highest BCUT2D eigenvalue weighted by Crippen LogP contribution is 2.28. The van der Waals surface area contributed by atoms with E-state index in [2.05, 4.69) is 25.6 Å². The predicted octanol–water partition coefficient (Wildman–Crippen LogP) is 3.80. The zero-order valence-corrected chi connectivity index (χ0v) is 18.0. The van der Waals surface area contributed by atoms with E-state index in [0.29, 0.717) is 11.0 Å². The molecule has 0 aliphatic heterocycles. The molecule has 0 spiro atoms. The molecule has 2 heterocycles. The van der Waals surface area contributed by atoms with Gasteiger partial charge in [-0.3, -0.25) is 4.79 Å². The number of aromatic nitrogens is 3. The molecule has 0 aliphatic rings. The summed E-state index contributed by atoms with van der Waals surface area (Å²) in [6.07, 6.45) is 0. The van der Waals surface area contributed by atoms with Crippen molar-refractivity contribution < 1.29 is 18.7 Å². The Morgan fingerprint density at radius 1 is 1.03 bits per heavy atom. The van der Waals surface area contributed by atoms with E-state index in [4.69, 9.17) is 13.9 Å². The lowest BCUT2D eigenvalue weighted by Gasteiger charge is -2.11. The Balaban J connectivity index is 1.68. The van der Waals surface area contributed by atoms with E-state index < -0.39 is 11.6 Å². The van der Waals surface area contributed by atoms with Crippen molar-refractivity contribution in [2.24, 2.45) is 0 Å². The van der Waals surface area contributed by atoms with Crippen LogP contribution in [0, 0.1) is 6.92 Å². The molecule has 0 atom stereocenters. The summed E-state index contributed by atoms with van der Waals surface area (Å²) >= 11 is 0. The number of benzene rings is 2. The van der Waals surface area contributed by atoms with E-state index in [1.54, 1.807) is 31.2 Å². The van der Waals surface area contributed by atoms with Crippen LogP contribution in [0.15, 0.2) is 63.8 Å². The molecule has 2 aromatic heterocycles. The quantitative estimate of drug-likeness (QED) is 0.304. The Bertz CT molecular complexity index is 1350. The molecular formula is C23H21N5O5. The number of aryl methyl sites for hydroxylation is 1. The van der Waals surface area contributed by atoms with Gasteiger partial charge in [-0.25, -0.2) is 4.79 Å². The van der Waals surface area contributed by atoms with Gasteiger partial charge in [-0.2, -0.15) is 15.0 Å². The van der Waals surface area contributed by atoms with E-state index in [1.807, 2.05) is 31.2 Å². The molecule has 0 amide bonds. The van der Waals surface area contributed by atoms with Gasteiger partial charge < -0.3 is 24.5 Å². The Kier molecular flexibility index (Phi) is 6.44. The van der Waals surface area contributed by atoms with Crippen LogP contribution in [-0.2, 0) is 9.53 Å². The summed E-state index contributed by atoms with van der Waals surface area (Å²) in [7, 11) is 0. The minimum Gasteiger partial charge on any atom is -0.465 e. The number of carbonyl (C=O) groups is 1. The van der Waals surface area contributed by atoms with E-state index in [1.165, 1.54) is 6.07 Å². The summed E-state index contributed by atoms with van der Waals surface area (Å²) in [6.45, 7) is 3.80. The van der Waals surface area contributed by atoms with Crippen molar-refractivity contribution in [3.8, 4) is 11.8 Å². The van der Waals surface area contributed by atoms with Gasteiger partial charge in [-0.1, -0.05) is 24.3 Å². The molecule has 0 radical (unpaired) electrons. The first kappa shape index (κ1) is 21.8. The number of esters is 1. The van der Waals surface area contributed by atoms with Crippen LogP contribution in [0.3, 0.4) is 0 Å². The van der Waals surface area contributed by atoms with E-state index in [-0.39, 0.29) is 36.8 Å². The lowest BCUT2D eigenvalue weighted by Crippen LogP contribution is -2.18. The summed E-state index contributed by atoms with van der Waals surface area (Å²) < 4.78 is 16.0. The van der Waals surface area contributed by atoms with Crippen molar-refractivity contribution >= 4 is 34.5 Å². The normalized spacial score (nSPS) is 10.6. The van der Waals surface area contributed by atoms with E-state index in [0.717, 1.165) is 11.3 Å². The van der Waals surface area contributed by atoms with Gasteiger partial charge in [-0.05, 0) is 43.7 Å². The molecule has 2 N–H and O–H groups in total. The highest BCUT2D eigenvalue weighted by Gasteiger charge is 2.14. The second-order valence-electron chi connectivity index (χ2n) is 6.95. The maximum Gasteiger partial charge on any atom is 0.339 e. The summed E-state index contributed by atoms with van der Waals surface area (Å²) in [5, 5.41) is 6.47. The fraction of sp³-hybridized carbons (Fsp3) is 0.174. The largest absolute Gasteiger partial charge is 0.465 e. The summed E-state index contributed by atoms with van der Waals surface area (Å²) in [4.78, 5) is 36.5. The second-order valence-corrected chi connectivity index (χ2v) is 6.95. The van der Waals surface area contributed by atoms with E-state index >= 15 is 0 Å². The monoisotopic (exact) mass is 447 g/mol. The number of nitrogens with one attached hydrogen (secondary N) is 2. The van der Waals surface area contributed by atoms with Gasteiger partial charge in [0.1, 0.15) is 17.9 Å². The maximum atomic E-state index is 12.0. The zero-order valence-electron chi connectivity index (χ0n) is 18.0. The summed E-state index contributed by atoms with van der Waals surface area (Å²) in [5.74, 6) is 0.0471.